The molecule has 3 aromatic rings. The SMILES string of the molecule is CC(C)c1nc(-c2cnc3ccccc3c2)cs1. The topological polar surface area (TPSA) is 25.8 Å². The highest BCUT2D eigenvalue weighted by atomic mass is 32.1. The van der Waals surface area contributed by atoms with Crippen LogP contribution in [0.4, 0.5) is 0 Å². The molecule has 0 bridgehead atoms. The first kappa shape index (κ1) is 11.4. The van der Waals surface area contributed by atoms with Crippen molar-refractivity contribution in [2.75, 3.05) is 0 Å². The lowest BCUT2D eigenvalue weighted by atomic mass is 10.1. The number of para-hydroxylation sites is 1. The van der Waals surface area contributed by atoms with Gasteiger partial charge in [-0.15, -0.1) is 11.3 Å². The normalized spacial score (nSPS) is 11.3. The Morgan fingerprint density at radius 3 is 2.78 bits per heavy atom. The van der Waals surface area contributed by atoms with Gasteiger partial charge in [-0.25, -0.2) is 4.98 Å². The number of aromatic nitrogens is 2. The molecule has 1 aromatic carbocycles. The van der Waals surface area contributed by atoms with Crippen LogP contribution in [0.15, 0.2) is 41.9 Å². The van der Waals surface area contributed by atoms with Crippen LogP contribution in [0.1, 0.15) is 24.8 Å². The maximum Gasteiger partial charge on any atom is 0.0958 e. The Hall–Kier alpha value is -1.74. The van der Waals surface area contributed by atoms with E-state index in [1.165, 1.54) is 5.01 Å². The molecule has 0 saturated carbocycles. The standard InChI is InChI=1S/C15H14N2S/c1-10(2)15-17-14(9-18-15)12-7-11-5-3-4-6-13(11)16-8-12/h3-10H,1-2H3. The number of hydrogen-bond acceptors (Lipinski definition) is 3. The highest BCUT2D eigenvalue weighted by molar-refractivity contribution is 7.10. The fourth-order valence-corrected chi connectivity index (χ4v) is 2.74. The van der Waals surface area contributed by atoms with Gasteiger partial charge in [-0.3, -0.25) is 4.98 Å². The molecular weight excluding hydrogens is 240 g/mol. The summed E-state index contributed by atoms with van der Waals surface area (Å²) in [6.45, 7) is 4.34. The minimum atomic E-state index is 0.483. The maximum atomic E-state index is 4.67. The van der Waals surface area contributed by atoms with Crippen LogP contribution in [0.2, 0.25) is 0 Å². The molecule has 3 rings (SSSR count). The Bertz CT molecular complexity index is 686. The van der Waals surface area contributed by atoms with E-state index in [0.717, 1.165) is 22.2 Å². The second-order valence-electron chi connectivity index (χ2n) is 4.64. The quantitative estimate of drug-likeness (QED) is 0.673. The third kappa shape index (κ3) is 2.02. The molecule has 0 aliphatic heterocycles. The van der Waals surface area contributed by atoms with Gasteiger partial charge in [-0.1, -0.05) is 32.0 Å². The van der Waals surface area contributed by atoms with Gasteiger partial charge < -0.3 is 0 Å². The van der Waals surface area contributed by atoms with Gasteiger partial charge in [-0.05, 0) is 12.1 Å². The highest BCUT2D eigenvalue weighted by Gasteiger charge is 2.08. The zero-order valence-corrected chi connectivity index (χ0v) is 11.2. The van der Waals surface area contributed by atoms with Gasteiger partial charge in [0.15, 0.2) is 0 Å². The number of benzene rings is 1. The van der Waals surface area contributed by atoms with Crippen LogP contribution in [0.5, 0.6) is 0 Å². The van der Waals surface area contributed by atoms with E-state index < -0.39 is 0 Å². The number of fused-ring (bicyclic) bond motifs is 1. The van der Waals surface area contributed by atoms with Gasteiger partial charge in [0.05, 0.1) is 16.2 Å². The summed E-state index contributed by atoms with van der Waals surface area (Å²) < 4.78 is 0. The molecule has 0 unspecified atom stereocenters. The Labute approximate surface area is 110 Å². The molecule has 0 aliphatic rings. The van der Waals surface area contributed by atoms with E-state index in [1.54, 1.807) is 11.3 Å². The fraction of sp³-hybridized carbons (Fsp3) is 0.200. The Kier molecular flexibility index (Phi) is 2.84. The predicted octanol–water partition coefficient (Wildman–Crippen LogP) is 4.48. The van der Waals surface area contributed by atoms with Crippen molar-refractivity contribution in [2.45, 2.75) is 19.8 Å². The first-order valence-corrected chi connectivity index (χ1v) is 6.92. The first-order valence-electron chi connectivity index (χ1n) is 6.04. The largest absolute Gasteiger partial charge is 0.256 e. The smallest absolute Gasteiger partial charge is 0.0958 e. The van der Waals surface area contributed by atoms with Gasteiger partial charge >= 0.3 is 0 Å². The van der Waals surface area contributed by atoms with Crippen LogP contribution in [0.3, 0.4) is 0 Å². The van der Waals surface area contributed by atoms with E-state index in [-0.39, 0.29) is 0 Å². The summed E-state index contributed by atoms with van der Waals surface area (Å²) in [5.74, 6) is 0.483. The molecule has 18 heavy (non-hydrogen) atoms. The van der Waals surface area contributed by atoms with Gasteiger partial charge in [0.25, 0.3) is 0 Å². The second kappa shape index (κ2) is 4.50. The Morgan fingerprint density at radius 2 is 2.00 bits per heavy atom. The van der Waals surface area contributed by atoms with E-state index in [4.69, 9.17) is 0 Å². The monoisotopic (exact) mass is 254 g/mol. The van der Waals surface area contributed by atoms with Crippen LogP contribution in [0, 0.1) is 0 Å². The minimum absolute atomic E-state index is 0.483. The highest BCUT2D eigenvalue weighted by Crippen LogP contribution is 2.27. The fourth-order valence-electron chi connectivity index (χ4n) is 1.90. The van der Waals surface area contributed by atoms with Gasteiger partial charge in [0.1, 0.15) is 0 Å². The Morgan fingerprint density at radius 1 is 1.17 bits per heavy atom. The summed E-state index contributed by atoms with van der Waals surface area (Å²) >= 11 is 1.72. The summed E-state index contributed by atoms with van der Waals surface area (Å²) in [5, 5.41) is 4.45. The van der Waals surface area contributed by atoms with Crippen molar-refractivity contribution >= 4 is 22.2 Å². The van der Waals surface area contributed by atoms with Crippen molar-refractivity contribution in [3.63, 3.8) is 0 Å². The zero-order chi connectivity index (χ0) is 12.5. The average molecular weight is 254 g/mol. The van der Waals surface area contributed by atoms with Gasteiger partial charge in [-0.2, -0.15) is 0 Å². The van der Waals surface area contributed by atoms with E-state index in [0.29, 0.717) is 5.92 Å². The lowest BCUT2D eigenvalue weighted by Gasteiger charge is -2.00. The molecule has 0 amide bonds. The van der Waals surface area contributed by atoms with E-state index in [9.17, 15) is 0 Å². The van der Waals surface area contributed by atoms with E-state index >= 15 is 0 Å². The maximum absolute atomic E-state index is 4.67. The van der Waals surface area contributed by atoms with E-state index in [1.807, 2.05) is 24.4 Å². The van der Waals surface area contributed by atoms with Crippen molar-refractivity contribution in [1.82, 2.24) is 9.97 Å². The van der Waals surface area contributed by atoms with Crippen LogP contribution in [-0.4, -0.2) is 9.97 Å². The first-order chi connectivity index (χ1) is 8.74. The van der Waals surface area contributed by atoms with Crippen molar-refractivity contribution in [2.24, 2.45) is 0 Å². The van der Waals surface area contributed by atoms with Gasteiger partial charge in [0, 0.05) is 28.4 Å². The summed E-state index contributed by atoms with van der Waals surface area (Å²) in [7, 11) is 0. The minimum Gasteiger partial charge on any atom is -0.256 e. The van der Waals surface area contributed by atoms with E-state index in [2.05, 4.69) is 41.3 Å². The average Bonchev–Trinajstić information content (AvgIpc) is 2.88. The second-order valence-corrected chi connectivity index (χ2v) is 5.53. The number of rotatable bonds is 2. The molecule has 3 heteroatoms. The van der Waals surface area contributed by atoms with Crippen LogP contribution in [-0.2, 0) is 0 Å². The molecular formula is C15H14N2S. The van der Waals surface area contributed by atoms with Crippen LogP contribution >= 0.6 is 11.3 Å². The molecule has 0 aliphatic carbocycles. The van der Waals surface area contributed by atoms with Crippen LogP contribution in [0.25, 0.3) is 22.2 Å². The summed E-state index contributed by atoms with van der Waals surface area (Å²) in [6, 6.07) is 10.3. The van der Waals surface area contributed by atoms with Crippen molar-refractivity contribution in [1.29, 1.82) is 0 Å². The molecule has 2 heterocycles. The number of thiazole rings is 1. The third-order valence-corrected chi connectivity index (χ3v) is 4.05. The number of pyridine rings is 1. The molecule has 0 spiro atoms. The molecule has 0 atom stereocenters. The number of hydrogen-bond donors (Lipinski definition) is 0. The molecule has 0 fully saturated rings. The molecule has 0 radical (unpaired) electrons. The van der Waals surface area contributed by atoms with Crippen LogP contribution < -0.4 is 0 Å². The molecule has 0 saturated heterocycles. The Balaban J connectivity index is 2.07. The zero-order valence-electron chi connectivity index (χ0n) is 10.4. The number of nitrogens with zero attached hydrogens (tertiary/aromatic N) is 2. The lowest BCUT2D eigenvalue weighted by Crippen LogP contribution is -1.86. The summed E-state index contributed by atoms with van der Waals surface area (Å²) in [4.78, 5) is 9.14. The molecule has 2 nitrogen and oxygen atoms in total. The third-order valence-electron chi connectivity index (χ3n) is 2.90. The van der Waals surface area contributed by atoms with Crippen molar-refractivity contribution < 1.29 is 0 Å². The van der Waals surface area contributed by atoms with Gasteiger partial charge in [0.2, 0.25) is 0 Å². The summed E-state index contributed by atoms with van der Waals surface area (Å²) in [6.07, 6.45) is 1.90. The molecule has 2 aromatic heterocycles. The van der Waals surface area contributed by atoms with Crippen molar-refractivity contribution in [3.05, 3.63) is 46.9 Å². The molecule has 0 N–H and O–H groups in total. The lowest BCUT2D eigenvalue weighted by molar-refractivity contribution is 0.853. The van der Waals surface area contributed by atoms with Crippen molar-refractivity contribution in [3.8, 4) is 11.3 Å². The molecule has 90 valence electrons. The summed E-state index contributed by atoms with van der Waals surface area (Å²) in [5.41, 5.74) is 3.15. The predicted molar refractivity (Wildman–Crippen MR) is 76.9 cm³/mol.